The number of halogens is 3. The van der Waals surface area contributed by atoms with Crippen molar-refractivity contribution in [3.05, 3.63) is 57.9 Å². The Labute approximate surface area is 184 Å². The molecule has 1 heterocycles. The highest BCUT2D eigenvalue weighted by molar-refractivity contribution is 5.87. The Morgan fingerprint density at radius 1 is 1.06 bits per heavy atom. The van der Waals surface area contributed by atoms with E-state index in [1.165, 1.54) is 37.4 Å². The van der Waals surface area contributed by atoms with Gasteiger partial charge in [-0.25, -0.2) is 0 Å². The molecule has 0 unspecified atom stereocenters. The van der Waals surface area contributed by atoms with Crippen LogP contribution in [0.3, 0.4) is 0 Å². The molecule has 0 aliphatic rings. The van der Waals surface area contributed by atoms with E-state index in [1.807, 2.05) is 18.7 Å². The predicted molar refractivity (Wildman–Crippen MR) is 117 cm³/mol. The second kappa shape index (κ2) is 9.65. The number of hydrogen-bond acceptors (Lipinski definition) is 5. The van der Waals surface area contributed by atoms with Crippen molar-refractivity contribution in [3.8, 4) is 22.6 Å². The number of phenolic OH excluding ortho intramolecular Hbond substituents is 1. The van der Waals surface area contributed by atoms with Crippen molar-refractivity contribution < 1.29 is 27.4 Å². The molecular formula is C24H26F3NO4. The maximum atomic E-state index is 14.1. The Kier molecular flexibility index (Phi) is 7.13. The van der Waals surface area contributed by atoms with Gasteiger partial charge in [0.25, 0.3) is 0 Å². The van der Waals surface area contributed by atoms with Gasteiger partial charge >= 0.3 is 6.18 Å². The molecule has 172 valence electrons. The topological polar surface area (TPSA) is 62.9 Å². The first-order valence-corrected chi connectivity index (χ1v) is 10.5. The molecule has 1 N–H and O–H groups in total. The number of benzene rings is 2. The molecule has 0 bridgehead atoms. The van der Waals surface area contributed by atoms with E-state index in [0.717, 1.165) is 12.8 Å². The molecule has 0 radical (unpaired) electrons. The normalized spacial score (nSPS) is 12.0. The zero-order valence-corrected chi connectivity index (χ0v) is 18.3. The van der Waals surface area contributed by atoms with Gasteiger partial charge in [0, 0.05) is 12.1 Å². The lowest BCUT2D eigenvalue weighted by Crippen LogP contribution is -2.25. The second-order valence-electron chi connectivity index (χ2n) is 7.55. The number of fused-ring (bicyclic) bond motifs is 1. The average molecular weight is 449 g/mol. The van der Waals surface area contributed by atoms with Crippen molar-refractivity contribution in [1.29, 1.82) is 0 Å². The zero-order chi connectivity index (χ0) is 23.5. The molecule has 0 aliphatic carbocycles. The molecule has 0 spiro atoms. The van der Waals surface area contributed by atoms with E-state index in [9.17, 15) is 23.1 Å². The third kappa shape index (κ3) is 4.60. The quantitative estimate of drug-likeness (QED) is 0.470. The van der Waals surface area contributed by atoms with Crippen LogP contribution in [-0.2, 0) is 12.7 Å². The SMILES string of the molecule is CCCN(CCC)Cc1c(O)ccc2c(=O)c(-c3ccccc3OC)c(C(F)(F)F)oc12. The minimum absolute atomic E-state index is 0.00816. The number of alkyl halides is 3. The van der Waals surface area contributed by atoms with E-state index < -0.39 is 22.9 Å². The van der Waals surface area contributed by atoms with Crippen molar-refractivity contribution in [2.45, 2.75) is 39.4 Å². The number of hydrogen-bond donors (Lipinski definition) is 1. The number of rotatable bonds is 8. The highest BCUT2D eigenvalue weighted by Gasteiger charge is 2.40. The molecule has 0 aliphatic heterocycles. The molecule has 0 saturated carbocycles. The molecular weight excluding hydrogens is 423 g/mol. The van der Waals surface area contributed by atoms with Gasteiger partial charge < -0.3 is 14.3 Å². The van der Waals surface area contributed by atoms with Crippen molar-refractivity contribution in [1.82, 2.24) is 4.90 Å². The van der Waals surface area contributed by atoms with Gasteiger partial charge in [-0.1, -0.05) is 32.0 Å². The fourth-order valence-corrected chi connectivity index (χ4v) is 3.88. The van der Waals surface area contributed by atoms with Crippen LogP contribution in [0, 0.1) is 0 Å². The number of ether oxygens (including phenoxy) is 1. The number of aromatic hydroxyl groups is 1. The molecule has 3 aromatic rings. The molecule has 5 nitrogen and oxygen atoms in total. The van der Waals surface area contributed by atoms with Crippen LogP contribution in [0.5, 0.6) is 11.5 Å². The molecule has 2 aromatic carbocycles. The predicted octanol–water partition coefficient (Wildman–Crippen LogP) is 5.82. The molecule has 1 aromatic heterocycles. The molecule has 32 heavy (non-hydrogen) atoms. The van der Waals surface area contributed by atoms with Crippen LogP contribution in [0.4, 0.5) is 13.2 Å². The van der Waals surface area contributed by atoms with Gasteiger partial charge in [0.2, 0.25) is 11.2 Å². The van der Waals surface area contributed by atoms with Crippen LogP contribution in [0.2, 0.25) is 0 Å². The van der Waals surface area contributed by atoms with E-state index in [1.54, 1.807) is 6.07 Å². The van der Waals surface area contributed by atoms with Gasteiger partial charge in [-0.15, -0.1) is 0 Å². The lowest BCUT2D eigenvalue weighted by Gasteiger charge is -2.22. The summed E-state index contributed by atoms with van der Waals surface area (Å²) in [6, 6.07) is 8.61. The summed E-state index contributed by atoms with van der Waals surface area (Å²) in [5.41, 5.74) is -1.54. The third-order valence-corrected chi connectivity index (χ3v) is 5.23. The summed E-state index contributed by atoms with van der Waals surface area (Å²) in [6.45, 7) is 5.54. The Bertz CT molecular complexity index is 1150. The largest absolute Gasteiger partial charge is 0.507 e. The zero-order valence-electron chi connectivity index (χ0n) is 18.3. The molecule has 3 rings (SSSR count). The minimum atomic E-state index is -4.93. The standard InChI is InChI=1S/C24H26F3NO4/c1-4-12-28(13-5-2)14-17-18(29)11-10-16-21(30)20(15-8-6-7-9-19(15)31-3)23(24(25,26)27)32-22(16)17/h6-11,29H,4-5,12-14H2,1-3H3. The van der Waals surface area contributed by atoms with Crippen LogP contribution in [0.1, 0.15) is 38.0 Å². The van der Waals surface area contributed by atoms with E-state index in [0.29, 0.717) is 13.1 Å². The molecule has 0 saturated heterocycles. The maximum absolute atomic E-state index is 14.1. The molecule has 8 heteroatoms. The fraction of sp³-hybridized carbons (Fsp3) is 0.375. The number of phenols is 1. The minimum Gasteiger partial charge on any atom is -0.507 e. The van der Waals surface area contributed by atoms with Crippen molar-refractivity contribution in [2.24, 2.45) is 0 Å². The summed E-state index contributed by atoms with van der Waals surface area (Å²) in [4.78, 5) is 15.4. The highest BCUT2D eigenvalue weighted by atomic mass is 19.4. The lowest BCUT2D eigenvalue weighted by molar-refractivity contribution is -0.152. The van der Waals surface area contributed by atoms with Crippen molar-refractivity contribution >= 4 is 11.0 Å². The van der Waals surface area contributed by atoms with Crippen LogP contribution < -0.4 is 10.2 Å². The van der Waals surface area contributed by atoms with E-state index in [4.69, 9.17) is 9.15 Å². The summed E-state index contributed by atoms with van der Waals surface area (Å²) in [5.74, 6) is -1.50. The van der Waals surface area contributed by atoms with Crippen molar-refractivity contribution in [2.75, 3.05) is 20.2 Å². The van der Waals surface area contributed by atoms with Gasteiger partial charge in [0.05, 0.1) is 23.6 Å². The summed E-state index contributed by atoms with van der Waals surface area (Å²) >= 11 is 0. The van der Waals surface area contributed by atoms with Gasteiger partial charge in [-0.3, -0.25) is 9.69 Å². The number of para-hydroxylation sites is 1. The van der Waals surface area contributed by atoms with Gasteiger partial charge in [-0.2, -0.15) is 13.2 Å². The van der Waals surface area contributed by atoms with Crippen LogP contribution in [0.25, 0.3) is 22.1 Å². The average Bonchev–Trinajstić information content (AvgIpc) is 2.75. The van der Waals surface area contributed by atoms with E-state index in [-0.39, 0.29) is 40.1 Å². The first kappa shape index (κ1) is 23.7. The monoisotopic (exact) mass is 449 g/mol. The Morgan fingerprint density at radius 3 is 2.31 bits per heavy atom. The molecule has 0 amide bonds. The smallest absolute Gasteiger partial charge is 0.450 e. The highest BCUT2D eigenvalue weighted by Crippen LogP contribution is 2.41. The first-order chi connectivity index (χ1) is 15.2. The second-order valence-corrected chi connectivity index (χ2v) is 7.55. The van der Waals surface area contributed by atoms with Gasteiger partial charge in [-0.05, 0) is 44.1 Å². The molecule has 0 atom stereocenters. The third-order valence-electron chi connectivity index (χ3n) is 5.23. The lowest BCUT2D eigenvalue weighted by atomic mass is 9.99. The summed E-state index contributed by atoms with van der Waals surface area (Å²) in [5, 5.41) is 10.4. The Morgan fingerprint density at radius 2 is 1.72 bits per heavy atom. The van der Waals surface area contributed by atoms with Crippen LogP contribution >= 0.6 is 0 Å². The van der Waals surface area contributed by atoms with Gasteiger partial charge in [0.1, 0.15) is 17.1 Å². The maximum Gasteiger partial charge on any atom is 0.450 e. The van der Waals surface area contributed by atoms with Crippen LogP contribution in [-0.4, -0.2) is 30.2 Å². The summed E-state index contributed by atoms with van der Waals surface area (Å²) < 4.78 is 52.8. The van der Waals surface area contributed by atoms with Crippen LogP contribution in [0.15, 0.2) is 45.6 Å². The van der Waals surface area contributed by atoms with E-state index >= 15 is 0 Å². The van der Waals surface area contributed by atoms with Crippen molar-refractivity contribution in [3.63, 3.8) is 0 Å². The van der Waals surface area contributed by atoms with E-state index in [2.05, 4.69) is 0 Å². The molecule has 0 fully saturated rings. The first-order valence-electron chi connectivity index (χ1n) is 10.5. The fourth-order valence-electron chi connectivity index (χ4n) is 3.88. The Hall–Kier alpha value is -3.00. The van der Waals surface area contributed by atoms with Gasteiger partial charge in [0.15, 0.2) is 0 Å². The number of methoxy groups -OCH3 is 1. The number of nitrogens with zero attached hydrogens (tertiary/aromatic N) is 1. The summed E-state index contributed by atoms with van der Waals surface area (Å²) in [7, 11) is 1.32. The summed E-state index contributed by atoms with van der Waals surface area (Å²) in [6.07, 6.45) is -3.26. The Balaban J connectivity index is 2.34.